The second-order valence-corrected chi connectivity index (χ2v) is 4.48. The number of carbonyl (C=O) groups is 1. The number of benzene rings is 2. The Hall–Kier alpha value is -2.34. The predicted octanol–water partition coefficient (Wildman–Crippen LogP) is 3.98. The van der Waals surface area contributed by atoms with Crippen molar-refractivity contribution in [1.29, 1.82) is 0 Å². The molecule has 0 radical (unpaired) electrons. The van der Waals surface area contributed by atoms with Crippen LogP contribution >= 0.6 is 0 Å². The molecule has 3 nitrogen and oxygen atoms in total. The van der Waals surface area contributed by atoms with Gasteiger partial charge in [-0.2, -0.15) is 0 Å². The Balaban J connectivity index is 1.91. The highest BCUT2D eigenvalue weighted by atomic mass is 19.4. The zero-order valence-corrected chi connectivity index (χ0v) is 11.5. The minimum absolute atomic E-state index is 0.106. The Morgan fingerprint density at radius 2 is 1.73 bits per heavy atom. The summed E-state index contributed by atoms with van der Waals surface area (Å²) in [5.74, 6) is -0.843. The molecule has 0 saturated carbocycles. The zero-order chi connectivity index (χ0) is 16.0. The molecule has 0 fully saturated rings. The molecule has 0 aliphatic rings. The molecule has 0 unspecified atom stereocenters. The predicted molar refractivity (Wildman–Crippen MR) is 73.6 cm³/mol. The van der Waals surface area contributed by atoms with Gasteiger partial charge < -0.3 is 9.47 Å². The van der Waals surface area contributed by atoms with E-state index in [-0.39, 0.29) is 18.8 Å². The van der Waals surface area contributed by atoms with Crippen LogP contribution in [0.25, 0.3) is 0 Å². The summed E-state index contributed by atoms with van der Waals surface area (Å²) in [6, 6.07) is 14.2. The van der Waals surface area contributed by atoms with Crippen LogP contribution in [0.1, 0.15) is 15.9 Å². The van der Waals surface area contributed by atoms with Crippen molar-refractivity contribution in [2.45, 2.75) is 13.0 Å². The fourth-order valence-corrected chi connectivity index (χ4v) is 1.79. The van der Waals surface area contributed by atoms with Crippen molar-refractivity contribution in [3.8, 4) is 5.75 Å². The summed E-state index contributed by atoms with van der Waals surface area (Å²) in [6.07, 6.45) is -4.79. The Morgan fingerprint density at radius 3 is 2.41 bits per heavy atom. The summed E-state index contributed by atoms with van der Waals surface area (Å²) < 4.78 is 45.4. The fourth-order valence-electron chi connectivity index (χ4n) is 1.79. The standard InChI is InChI=1S/C16H13F3O3/c17-16(18,19)22-14-8-4-7-13(9-14)15(20)11-21-10-12-5-2-1-3-6-12/h1-9H,10-11H2. The molecule has 0 heterocycles. The van der Waals surface area contributed by atoms with E-state index >= 15 is 0 Å². The van der Waals surface area contributed by atoms with Crippen LogP contribution < -0.4 is 4.74 Å². The maximum Gasteiger partial charge on any atom is 0.573 e. The second-order valence-electron chi connectivity index (χ2n) is 4.48. The topological polar surface area (TPSA) is 35.5 Å². The molecule has 0 N–H and O–H groups in total. The lowest BCUT2D eigenvalue weighted by Gasteiger charge is -2.10. The van der Waals surface area contributed by atoms with Gasteiger partial charge >= 0.3 is 6.36 Å². The number of carbonyl (C=O) groups excluding carboxylic acids is 1. The van der Waals surface area contributed by atoms with E-state index in [0.29, 0.717) is 0 Å². The Kier molecular flexibility index (Phi) is 5.16. The molecule has 0 spiro atoms. The van der Waals surface area contributed by atoms with E-state index in [9.17, 15) is 18.0 Å². The molecule has 116 valence electrons. The molecule has 0 bridgehead atoms. The first-order valence-electron chi connectivity index (χ1n) is 6.45. The van der Waals surface area contributed by atoms with Crippen LogP contribution in [0.4, 0.5) is 13.2 Å². The van der Waals surface area contributed by atoms with Crippen LogP contribution in [0.2, 0.25) is 0 Å². The molecule has 0 atom stereocenters. The number of Topliss-reactive ketones (excluding diaryl/α,β-unsaturated/α-hetero) is 1. The van der Waals surface area contributed by atoms with Crippen LogP contribution in [0.5, 0.6) is 5.75 Å². The lowest BCUT2D eigenvalue weighted by atomic mass is 10.1. The van der Waals surface area contributed by atoms with Gasteiger partial charge in [0.2, 0.25) is 0 Å². The number of rotatable bonds is 6. The largest absolute Gasteiger partial charge is 0.573 e. The van der Waals surface area contributed by atoms with Crippen LogP contribution in [0.3, 0.4) is 0 Å². The van der Waals surface area contributed by atoms with Crippen LogP contribution in [0.15, 0.2) is 54.6 Å². The van der Waals surface area contributed by atoms with Crippen molar-refractivity contribution in [3.05, 3.63) is 65.7 Å². The molecule has 0 saturated heterocycles. The highest BCUT2D eigenvalue weighted by Gasteiger charge is 2.31. The molecule has 2 rings (SSSR count). The highest BCUT2D eigenvalue weighted by molar-refractivity contribution is 5.97. The molecule has 6 heteroatoms. The summed E-state index contributed by atoms with van der Waals surface area (Å²) in [5, 5.41) is 0. The quantitative estimate of drug-likeness (QED) is 0.757. The third kappa shape index (κ3) is 5.21. The highest BCUT2D eigenvalue weighted by Crippen LogP contribution is 2.23. The third-order valence-corrected chi connectivity index (χ3v) is 2.73. The zero-order valence-electron chi connectivity index (χ0n) is 11.5. The molecular weight excluding hydrogens is 297 g/mol. The monoisotopic (exact) mass is 310 g/mol. The van der Waals surface area contributed by atoms with E-state index in [1.807, 2.05) is 30.3 Å². The second kappa shape index (κ2) is 7.09. The van der Waals surface area contributed by atoms with E-state index in [2.05, 4.69) is 4.74 Å². The summed E-state index contributed by atoms with van der Waals surface area (Å²) in [6.45, 7) is 0.0374. The minimum atomic E-state index is -4.79. The van der Waals surface area contributed by atoms with Gasteiger partial charge in [-0.3, -0.25) is 4.79 Å². The number of ketones is 1. The number of halogens is 3. The average molecular weight is 310 g/mol. The minimum Gasteiger partial charge on any atom is -0.406 e. The lowest BCUT2D eigenvalue weighted by Crippen LogP contribution is -2.17. The van der Waals surface area contributed by atoms with Gasteiger partial charge in [-0.15, -0.1) is 13.2 Å². The fraction of sp³-hybridized carbons (Fsp3) is 0.188. The molecule has 2 aromatic rings. The van der Waals surface area contributed by atoms with Crippen LogP contribution in [-0.2, 0) is 11.3 Å². The summed E-state index contributed by atoms with van der Waals surface area (Å²) in [5.41, 5.74) is 1.01. The van der Waals surface area contributed by atoms with Gasteiger partial charge in [-0.05, 0) is 17.7 Å². The molecule has 2 aromatic carbocycles. The number of alkyl halides is 3. The van der Waals surface area contributed by atoms with E-state index in [0.717, 1.165) is 17.7 Å². The first-order valence-corrected chi connectivity index (χ1v) is 6.45. The lowest BCUT2D eigenvalue weighted by molar-refractivity contribution is -0.274. The molecule has 0 aliphatic heterocycles. The third-order valence-electron chi connectivity index (χ3n) is 2.73. The van der Waals surface area contributed by atoms with Gasteiger partial charge in [0.1, 0.15) is 12.4 Å². The van der Waals surface area contributed by atoms with Crippen molar-refractivity contribution < 1.29 is 27.4 Å². The van der Waals surface area contributed by atoms with Gasteiger partial charge in [0, 0.05) is 5.56 Å². The van der Waals surface area contributed by atoms with Gasteiger partial charge in [-0.1, -0.05) is 42.5 Å². The summed E-state index contributed by atoms with van der Waals surface area (Å²) >= 11 is 0. The summed E-state index contributed by atoms with van der Waals surface area (Å²) in [7, 11) is 0. The Bertz CT molecular complexity index is 624. The molecule has 22 heavy (non-hydrogen) atoms. The Labute approximate surface area is 125 Å². The van der Waals surface area contributed by atoms with E-state index in [1.54, 1.807) is 0 Å². The molecular formula is C16H13F3O3. The van der Waals surface area contributed by atoms with Crippen molar-refractivity contribution in [1.82, 2.24) is 0 Å². The van der Waals surface area contributed by atoms with Crippen molar-refractivity contribution in [2.24, 2.45) is 0 Å². The average Bonchev–Trinajstić information content (AvgIpc) is 2.47. The maximum absolute atomic E-state index is 12.1. The van der Waals surface area contributed by atoms with Crippen molar-refractivity contribution in [2.75, 3.05) is 6.61 Å². The number of hydrogen-bond donors (Lipinski definition) is 0. The Morgan fingerprint density at radius 1 is 1.00 bits per heavy atom. The first-order chi connectivity index (χ1) is 10.4. The molecule has 0 aromatic heterocycles. The van der Waals surface area contributed by atoms with Crippen LogP contribution in [0, 0.1) is 0 Å². The summed E-state index contributed by atoms with van der Waals surface area (Å²) in [4.78, 5) is 11.9. The number of hydrogen-bond acceptors (Lipinski definition) is 3. The van der Waals surface area contributed by atoms with Gasteiger partial charge in [0.05, 0.1) is 6.61 Å². The molecule has 0 amide bonds. The van der Waals surface area contributed by atoms with E-state index in [1.165, 1.54) is 12.1 Å². The van der Waals surface area contributed by atoms with Crippen molar-refractivity contribution in [3.63, 3.8) is 0 Å². The van der Waals surface area contributed by atoms with Crippen LogP contribution in [-0.4, -0.2) is 18.8 Å². The smallest absolute Gasteiger partial charge is 0.406 e. The molecule has 0 aliphatic carbocycles. The first kappa shape index (κ1) is 16.0. The van der Waals surface area contributed by atoms with Crippen molar-refractivity contribution >= 4 is 5.78 Å². The van der Waals surface area contributed by atoms with Gasteiger partial charge in [-0.25, -0.2) is 0 Å². The number of ether oxygens (including phenoxy) is 2. The van der Waals surface area contributed by atoms with E-state index < -0.39 is 17.9 Å². The maximum atomic E-state index is 12.1. The van der Waals surface area contributed by atoms with Gasteiger partial charge in [0.15, 0.2) is 5.78 Å². The normalized spacial score (nSPS) is 11.2. The van der Waals surface area contributed by atoms with E-state index in [4.69, 9.17) is 4.74 Å². The SMILES string of the molecule is O=C(COCc1ccccc1)c1cccc(OC(F)(F)F)c1. The van der Waals surface area contributed by atoms with Gasteiger partial charge in [0.25, 0.3) is 0 Å².